The molecule has 25 heavy (non-hydrogen) atoms. The second-order valence-electron chi connectivity index (χ2n) is 5.83. The molecule has 1 N–H and O–H groups in total. The molecule has 0 aliphatic carbocycles. The zero-order valence-electron chi connectivity index (χ0n) is 13.7. The highest BCUT2D eigenvalue weighted by Crippen LogP contribution is 2.27. The van der Waals surface area contributed by atoms with E-state index in [1.807, 2.05) is 54.6 Å². The van der Waals surface area contributed by atoms with Crippen molar-refractivity contribution in [3.05, 3.63) is 75.9 Å². The molecule has 0 spiro atoms. The average molecular weight is 396 g/mol. The summed E-state index contributed by atoms with van der Waals surface area (Å²) >= 11 is 3.49. The van der Waals surface area contributed by atoms with Gasteiger partial charge in [-0.15, -0.1) is 0 Å². The number of nitrogens with one attached hydrogen (secondary N) is 1. The Labute approximate surface area is 155 Å². The summed E-state index contributed by atoms with van der Waals surface area (Å²) in [5.41, 5.74) is 3.24. The van der Waals surface area contributed by atoms with Gasteiger partial charge in [-0.2, -0.15) is 5.26 Å². The van der Waals surface area contributed by atoms with Crippen LogP contribution in [0.25, 0.3) is 0 Å². The molecular formula is C20H18BrN3O. The van der Waals surface area contributed by atoms with Crippen LogP contribution in [0.3, 0.4) is 0 Å². The van der Waals surface area contributed by atoms with Crippen LogP contribution < -0.4 is 10.2 Å². The molecule has 0 aromatic heterocycles. The number of fused-ring (bicyclic) bond motifs is 1. The summed E-state index contributed by atoms with van der Waals surface area (Å²) in [5, 5.41) is 12.5. The third-order valence-corrected chi connectivity index (χ3v) is 4.98. The number of amides is 1. The maximum atomic E-state index is 12.8. The molecule has 0 saturated heterocycles. The molecule has 2 aromatic carbocycles. The van der Waals surface area contributed by atoms with Gasteiger partial charge in [0.05, 0.1) is 0 Å². The fourth-order valence-electron chi connectivity index (χ4n) is 2.94. The number of benzene rings is 2. The Bertz CT molecular complexity index is 854. The number of rotatable bonds is 4. The van der Waals surface area contributed by atoms with E-state index in [-0.39, 0.29) is 11.5 Å². The number of carbonyl (C=O) groups excluding carboxylic acids is 1. The normalized spacial score (nSPS) is 13.8. The standard InChI is InChI=1S/C20H18BrN3O/c21-18-9-3-1-7-16(18)13-23-14-17(12-22)20(25)24-11-5-8-15-6-2-4-10-19(15)24/h1-4,6-7,9-10,14,23H,5,8,11,13H2/b17-14-. The molecule has 2 aromatic rings. The number of halogens is 1. The van der Waals surface area contributed by atoms with Gasteiger partial charge >= 0.3 is 0 Å². The highest BCUT2D eigenvalue weighted by molar-refractivity contribution is 9.10. The summed E-state index contributed by atoms with van der Waals surface area (Å²) in [6.45, 7) is 1.18. The first-order valence-corrected chi connectivity index (χ1v) is 8.97. The van der Waals surface area contributed by atoms with Gasteiger partial charge in [-0.05, 0) is 36.1 Å². The van der Waals surface area contributed by atoms with E-state index in [1.54, 1.807) is 4.90 Å². The number of aryl methyl sites for hydroxylation is 1. The minimum absolute atomic E-state index is 0.115. The van der Waals surface area contributed by atoms with Crippen molar-refractivity contribution < 1.29 is 4.79 Å². The summed E-state index contributed by atoms with van der Waals surface area (Å²) in [4.78, 5) is 14.5. The van der Waals surface area contributed by atoms with E-state index in [0.717, 1.165) is 34.1 Å². The Kier molecular flexibility index (Phi) is 5.52. The Morgan fingerprint density at radius 1 is 1.24 bits per heavy atom. The van der Waals surface area contributed by atoms with Crippen LogP contribution in [0.2, 0.25) is 0 Å². The molecule has 0 bridgehead atoms. The van der Waals surface area contributed by atoms with Crippen LogP contribution >= 0.6 is 15.9 Å². The van der Waals surface area contributed by atoms with Crippen LogP contribution in [0, 0.1) is 11.3 Å². The van der Waals surface area contributed by atoms with Crippen molar-refractivity contribution >= 4 is 27.5 Å². The lowest BCUT2D eigenvalue weighted by molar-refractivity contribution is -0.114. The van der Waals surface area contributed by atoms with E-state index in [2.05, 4.69) is 21.2 Å². The van der Waals surface area contributed by atoms with Gasteiger partial charge in [-0.25, -0.2) is 0 Å². The summed E-state index contributed by atoms with van der Waals surface area (Å²) in [7, 11) is 0. The summed E-state index contributed by atoms with van der Waals surface area (Å²) in [6.07, 6.45) is 3.39. The zero-order valence-corrected chi connectivity index (χ0v) is 15.3. The van der Waals surface area contributed by atoms with E-state index in [9.17, 15) is 10.1 Å². The maximum Gasteiger partial charge on any atom is 0.270 e. The highest BCUT2D eigenvalue weighted by atomic mass is 79.9. The van der Waals surface area contributed by atoms with Gasteiger partial charge in [0.25, 0.3) is 5.91 Å². The van der Waals surface area contributed by atoms with Crippen LogP contribution in [0.1, 0.15) is 17.5 Å². The summed E-state index contributed by atoms with van der Waals surface area (Å²) in [6, 6.07) is 17.7. The van der Waals surface area contributed by atoms with E-state index in [0.29, 0.717) is 13.1 Å². The fraction of sp³-hybridized carbons (Fsp3) is 0.200. The monoisotopic (exact) mass is 395 g/mol. The van der Waals surface area contributed by atoms with Crippen LogP contribution in [-0.4, -0.2) is 12.5 Å². The maximum absolute atomic E-state index is 12.8. The van der Waals surface area contributed by atoms with Gasteiger partial charge in [0, 0.05) is 29.4 Å². The van der Waals surface area contributed by atoms with Gasteiger partial charge < -0.3 is 10.2 Å². The van der Waals surface area contributed by atoms with Crippen molar-refractivity contribution in [1.29, 1.82) is 5.26 Å². The molecule has 3 rings (SSSR count). The molecule has 1 aliphatic heterocycles. The molecule has 4 nitrogen and oxygen atoms in total. The van der Waals surface area contributed by atoms with Crippen LogP contribution in [0.4, 0.5) is 5.69 Å². The average Bonchev–Trinajstić information content (AvgIpc) is 2.65. The van der Waals surface area contributed by atoms with E-state index in [1.165, 1.54) is 6.20 Å². The van der Waals surface area contributed by atoms with E-state index in [4.69, 9.17) is 0 Å². The number of hydrogen-bond donors (Lipinski definition) is 1. The van der Waals surface area contributed by atoms with Crippen molar-refractivity contribution in [2.75, 3.05) is 11.4 Å². The molecule has 0 fully saturated rings. The SMILES string of the molecule is N#C/C(=C/NCc1ccccc1Br)C(=O)N1CCCc2ccccc21. The molecule has 1 heterocycles. The molecule has 0 saturated carbocycles. The van der Waals surface area contributed by atoms with Gasteiger partial charge in [-0.3, -0.25) is 4.79 Å². The molecule has 0 radical (unpaired) electrons. The largest absolute Gasteiger partial charge is 0.386 e. The van der Waals surface area contributed by atoms with Crippen LogP contribution in [-0.2, 0) is 17.8 Å². The minimum atomic E-state index is -0.255. The Morgan fingerprint density at radius 2 is 2.00 bits per heavy atom. The third-order valence-electron chi connectivity index (χ3n) is 4.20. The number of nitrogens with zero attached hydrogens (tertiary/aromatic N) is 2. The Morgan fingerprint density at radius 3 is 2.80 bits per heavy atom. The number of carbonyl (C=O) groups is 1. The molecule has 126 valence electrons. The lowest BCUT2D eigenvalue weighted by atomic mass is 10.0. The van der Waals surface area contributed by atoms with Gasteiger partial charge in [0.1, 0.15) is 11.6 Å². The first kappa shape index (κ1) is 17.2. The van der Waals surface area contributed by atoms with E-state index >= 15 is 0 Å². The van der Waals surface area contributed by atoms with Gasteiger partial charge in [-0.1, -0.05) is 52.3 Å². The molecule has 0 unspecified atom stereocenters. The second kappa shape index (κ2) is 8.00. The second-order valence-corrected chi connectivity index (χ2v) is 6.69. The number of hydrogen-bond acceptors (Lipinski definition) is 3. The minimum Gasteiger partial charge on any atom is -0.386 e. The van der Waals surface area contributed by atoms with Crippen molar-refractivity contribution in [3.8, 4) is 6.07 Å². The molecular weight excluding hydrogens is 378 g/mol. The third kappa shape index (κ3) is 3.92. The fourth-order valence-corrected chi connectivity index (χ4v) is 3.36. The molecule has 1 amide bonds. The van der Waals surface area contributed by atoms with Crippen molar-refractivity contribution in [3.63, 3.8) is 0 Å². The predicted molar refractivity (Wildman–Crippen MR) is 102 cm³/mol. The number of anilines is 1. The van der Waals surface area contributed by atoms with Crippen molar-refractivity contribution in [1.82, 2.24) is 5.32 Å². The molecule has 5 heteroatoms. The Balaban J connectivity index is 1.74. The predicted octanol–water partition coefficient (Wildman–Crippen LogP) is 3.93. The van der Waals surface area contributed by atoms with E-state index < -0.39 is 0 Å². The lowest BCUT2D eigenvalue weighted by Gasteiger charge is -2.29. The van der Waals surface area contributed by atoms with Crippen LogP contribution in [0.5, 0.6) is 0 Å². The van der Waals surface area contributed by atoms with Crippen molar-refractivity contribution in [2.24, 2.45) is 0 Å². The lowest BCUT2D eigenvalue weighted by Crippen LogP contribution is -2.36. The number of para-hydroxylation sites is 1. The zero-order chi connectivity index (χ0) is 17.6. The van der Waals surface area contributed by atoms with Gasteiger partial charge in [0.2, 0.25) is 0 Å². The van der Waals surface area contributed by atoms with Gasteiger partial charge in [0.15, 0.2) is 0 Å². The summed E-state index contributed by atoms with van der Waals surface area (Å²) < 4.78 is 0.991. The quantitative estimate of drug-likeness (QED) is 0.630. The first-order valence-electron chi connectivity index (χ1n) is 8.17. The van der Waals surface area contributed by atoms with Crippen LogP contribution in [0.15, 0.2) is 64.8 Å². The first-order chi connectivity index (χ1) is 12.2. The molecule has 0 atom stereocenters. The topological polar surface area (TPSA) is 56.1 Å². The molecule has 1 aliphatic rings. The highest BCUT2D eigenvalue weighted by Gasteiger charge is 2.24. The smallest absolute Gasteiger partial charge is 0.270 e. The summed E-state index contributed by atoms with van der Waals surface area (Å²) in [5.74, 6) is -0.255. The van der Waals surface area contributed by atoms with Crippen molar-refractivity contribution in [2.45, 2.75) is 19.4 Å². The Hall–Kier alpha value is -2.58. The number of nitriles is 1.